The number of phosphoric ester groups is 1. The van der Waals surface area contributed by atoms with Crippen LogP contribution in [-0.2, 0) is 18.1 Å². The van der Waals surface area contributed by atoms with Crippen molar-refractivity contribution in [3.63, 3.8) is 0 Å². The minimum absolute atomic E-state index is 0.250. The molecule has 0 aliphatic carbocycles. The van der Waals surface area contributed by atoms with Crippen molar-refractivity contribution >= 4 is 7.82 Å². The van der Waals surface area contributed by atoms with E-state index < -0.39 is 7.82 Å². The average Bonchev–Trinajstić information content (AvgIpc) is 2.05. The first-order valence-electron chi connectivity index (χ1n) is 2.98. The van der Waals surface area contributed by atoms with Crippen molar-refractivity contribution in [1.29, 1.82) is 0 Å². The van der Waals surface area contributed by atoms with Crippen LogP contribution in [0.4, 0.5) is 0 Å². The third-order valence-corrected chi connectivity index (χ3v) is 2.01. The molecule has 0 bridgehead atoms. The van der Waals surface area contributed by atoms with Crippen molar-refractivity contribution in [1.82, 2.24) is 0 Å². The Morgan fingerprint density at radius 3 is 1.36 bits per heavy atom. The van der Waals surface area contributed by atoms with Gasteiger partial charge in [0.1, 0.15) is 0 Å². The van der Waals surface area contributed by atoms with E-state index in [0.29, 0.717) is 0 Å². The van der Waals surface area contributed by atoms with Crippen LogP contribution in [0.2, 0.25) is 0 Å². The van der Waals surface area contributed by atoms with Gasteiger partial charge in [0, 0.05) is 27.9 Å². The quantitative estimate of drug-likeness (QED) is 0.667. The van der Waals surface area contributed by atoms with E-state index in [9.17, 15) is 4.57 Å². The lowest BCUT2D eigenvalue weighted by atomic mass is 10.9. The number of hydrogen-bond donors (Lipinski definition) is 1. The Kier molecular flexibility index (Phi) is 10.1. The highest BCUT2D eigenvalue weighted by Gasteiger charge is 2.18. The van der Waals surface area contributed by atoms with Crippen molar-refractivity contribution in [2.24, 2.45) is 0 Å². The molecule has 0 unspecified atom stereocenters. The summed E-state index contributed by atoms with van der Waals surface area (Å²) in [5, 5.41) is 7.57. The topological polar surface area (TPSA) is 65.0 Å². The lowest BCUT2D eigenvalue weighted by Gasteiger charge is -2.08. The molecule has 0 saturated heterocycles. The number of aliphatic hydroxyl groups excluding tert-OH is 1. The molecule has 11 heavy (non-hydrogen) atoms. The maximum Gasteiger partial charge on any atom is 0.473 e. The summed E-state index contributed by atoms with van der Waals surface area (Å²) in [5.41, 5.74) is 0. The molecular weight excluding hydrogens is 171 g/mol. The van der Waals surface area contributed by atoms with Gasteiger partial charge in [0.2, 0.25) is 0 Å². The van der Waals surface area contributed by atoms with Crippen LogP contribution in [0.25, 0.3) is 0 Å². The Hall–Kier alpha value is 0.0700. The van der Waals surface area contributed by atoms with Crippen LogP contribution >= 0.6 is 7.82 Å². The molecule has 0 fully saturated rings. The zero-order valence-corrected chi connectivity index (χ0v) is 8.13. The number of rotatable bonds is 3. The summed E-state index contributed by atoms with van der Waals surface area (Å²) in [6.07, 6.45) is 0. The largest absolute Gasteiger partial charge is 0.473 e. The van der Waals surface area contributed by atoms with Gasteiger partial charge in [-0.3, -0.25) is 13.6 Å². The average molecular weight is 186 g/mol. The van der Waals surface area contributed by atoms with Gasteiger partial charge in [-0.05, 0) is 6.92 Å². The lowest BCUT2D eigenvalue weighted by Crippen LogP contribution is -1.88. The molecule has 0 aromatic heterocycles. The highest BCUT2D eigenvalue weighted by atomic mass is 31.2. The second-order valence-electron chi connectivity index (χ2n) is 1.31. The zero-order valence-electron chi connectivity index (χ0n) is 7.23. The predicted octanol–water partition coefficient (Wildman–Crippen LogP) is 1.03. The molecule has 0 aliphatic rings. The second kappa shape index (κ2) is 8.17. The maximum absolute atomic E-state index is 10.7. The van der Waals surface area contributed by atoms with E-state index in [0.717, 1.165) is 0 Å². The van der Waals surface area contributed by atoms with Gasteiger partial charge in [0.15, 0.2) is 0 Å². The molecule has 6 heteroatoms. The van der Waals surface area contributed by atoms with E-state index >= 15 is 0 Å². The van der Waals surface area contributed by atoms with Gasteiger partial charge < -0.3 is 5.11 Å². The minimum atomic E-state index is -3.16. The summed E-state index contributed by atoms with van der Waals surface area (Å²) >= 11 is 0. The van der Waals surface area contributed by atoms with Crippen molar-refractivity contribution in [2.45, 2.75) is 6.92 Å². The molecule has 0 amide bonds. The van der Waals surface area contributed by atoms with Gasteiger partial charge >= 0.3 is 7.82 Å². The predicted molar refractivity (Wildman–Crippen MR) is 41.4 cm³/mol. The van der Waals surface area contributed by atoms with Crippen molar-refractivity contribution in [2.75, 3.05) is 27.9 Å². The smallest absolute Gasteiger partial charge is 0.397 e. The second-order valence-corrected chi connectivity index (χ2v) is 3.30. The highest BCUT2D eigenvalue weighted by molar-refractivity contribution is 7.48. The minimum Gasteiger partial charge on any atom is -0.397 e. The standard InChI is InChI=1S/C3H9O4P.C2H6O/c1-5-8(4,6-2)7-3;1-2-3/h1-3H3;3H,2H2,1H3. The van der Waals surface area contributed by atoms with Gasteiger partial charge in [-0.1, -0.05) is 0 Å². The van der Waals surface area contributed by atoms with Gasteiger partial charge in [-0.15, -0.1) is 0 Å². The highest BCUT2D eigenvalue weighted by Crippen LogP contribution is 2.46. The van der Waals surface area contributed by atoms with Crippen LogP contribution in [0.3, 0.4) is 0 Å². The van der Waals surface area contributed by atoms with E-state index in [2.05, 4.69) is 13.6 Å². The monoisotopic (exact) mass is 186 g/mol. The first-order chi connectivity index (χ1) is 5.10. The van der Waals surface area contributed by atoms with Gasteiger partial charge in [0.25, 0.3) is 0 Å². The summed E-state index contributed by atoms with van der Waals surface area (Å²) in [5.74, 6) is 0. The molecule has 0 radical (unpaired) electrons. The normalized spacial score (nSPS) is 10.3. The van der Waals surface area contributed by atoms with Crippen LogP contribution in [-0.4, -0.2) is 33.0 Å². The first-order valence-corrected chi connectivity index (χ1v) is 4.44. The Morgan fingerprint density at radius 2 is 1.36 bits per heavy atom. The Bertz CT molecular complexity index is 96.4. The molecule has 0 aromatic rings. The van der Waals surface area contributed by atoms with E-state index in [1.54, 1.807) is 6.92 Å². The number of phosphoric acid groups is 1. The van der Waals surface area contributed by atoms with Crippen LogP contribution in [0.5, 0.6) is 0 Å². The Labute approximate surface area is 66.9 Å². The third kappa shape index (κ3) is 7.97. The maximum atomic E-state index is 10.7. The van der Waals surface area contributed by atoms with E-state index in [1.807, 2.05) is 0 Å². The summed E-state index contributed by atoms with van der Waals surface area (Å²) in [6, 6.07) is 0. The number of aliphatic hydroxyl groups is 1. The molecule has 0 rings (SSSR count). The SMILES string of the molecule is CCO.COP(=O)(OC)OC. The van der Waals surface area contributed by atoms with Crippen LogP contribution in [0, 0.1) is 0 Å². The third-order valence-electron chi connectivity index (χ3n) is 0.671. The van der Waals surface area contributed by atoms with Crippen molar-refractivity contribution in [3.05, 3.63) is 0 Å². The Balaban J connectivity index is 0. The molecule has 70 valence electrons. The van der Waals surface area contributed by atoms with Crippen LogP contribution < -0.4 is 0 Å². The van der Waals surface area contributed by atoms with Crippen molar-refractivity contribution in [3.8, 4) is 0 Å². The van der Waals surface area contributed by atoms with E-state index in [4.69, 9.17) is 5.11 Å². The molecule has 1 N–H and O–H groups in total. The fourth-order valence-electron chi connectivity index (χ4n) is 0.224. The van der Waals surface area contributed by atoms with Gasteiger partial charge in [-0.25, -0.2) is 4.57 Å². The summed E-state index contributed by atoms with van der Waals surface area (Å²) in [6.45, 7) is 1.93. The molecule has 0 saturated carbocycles. The molecule has 0 atom stereocenters. The lowest BCUT2D eigenvalue weighted by molar-refractivity contribution is 0.178. The summed E-state index contributed by atoms with van der Waals surface area (Å²) in [4.78, 5) is 0. The van der Waals surface area contributed by atoms with Crippen LogP contribution in [0.1, 0.15) is 6.92 Å². The fourth-order valence-corrected chi connectivity index (χ4v) is 0.671. The summed E-state index contributed by atoms with van der Waals surface area (Å²) < 4.78 is 23.7. The molecule has 0 spiro atoms. The molecule has 0 heterocycles. The first kappa shape index (κ1) is 13.6. The molecule has 5 nitrogen and oxygen atoms in total. The van der Waals surface area contributed by atoms with Crippen LogP contribution in [0.15, 0.2) is 0 Å². The van der Waals surface area contributed by atoms with E-state index in [1.165, 1.54) is 21.3 Å². The fraction of sp³-hybridized carbons (Fsp3) is 1.00. The molecular formula is C5H15O5P. The van der Waals surface area contributed by atoms with E-state index in [-0.39, 0.29) is 6.61 Å². The number of hydrogen-bond acceptors (Lipinski definition) is 5. The van der Waals surface area contributed by atoms with Gasteiger partial charge in [0.05, 0.1) is 0 Å². The van der Waals surface area contributed by atoms with Crippen molar-refractivity contribution < 1.29 is 23.2 Å². The molecule has 0 aromatic carbocycles. The Morgan fingerprint density at radius 1 is 1.18 bits per heavy atom. The summed E-state index contributed by atoms with van der Waals surface area (Å²) in [7, 11) is 0.611. The van der Waals surface area contributed by atoms with Gasteiger partial charge in [-0.2, -0.15) is 0 Å². The molecule has 0 aliphatic heterocycles. The zero-order chi connectivity index (χ0) is 9.33.